The van der Waals surface area contributed by atoms with Gasteiger partial charge >= 0.3 is 18.0 Å². The quantitative estimate of drug-likeness (QED) is 0.372. The molecule has 0 radical (unpaired) electrons. The third kappa shape index (κ3) is 4.33. The number of hydroxylamine groups is 1. The Morgan fingerprint density at radius 1 is 1.06 bits per heavy atom. The van der Waals surface area contributed by atoms with E-state index < -0.39 is 24.1 Å². The fourth-order valence-corrected chi connectivity index (χ4v) is 4.06. The van der Waals surface area contributed by atoms with Gasteiger partial charge in [0.25, 0.3) is 5.95 Å². The number of carbonyl (C=O) groups is 3. The third-order valence-electron chi connectivity index (χ3n) is 5.83. The van der Waals surface area contributed by atoms with Gasteiger partial charge in [-0.25, -0.2) is 15.1 Å². The van der Waals surface area contributed by atoms with Gasteiger partial charge in [-0.2, -0.15) is 4.98 Å². The van der Waals surface area contributed by atoms with Crippen LogP contribution in [0.25, 0.3) is 11.1 Å². The Morgan fingerprint density at radius 3 is 2.32 bits per heavy atom. The molecule has 1 unspecified atom stereocenters. The normalized spacial score (nSPS) is 15.2. The zero-order chi connectivity index (χ0) is 23.7. The number of hydrogen-bond donors (Lipinski definition) is 4. The molecule has 11 nitrogen and oxygen atoms in total. The lowest BCUT2D eigenvalue weighted by atomic mass is 9.98. The summed E-state index contributed by atoms with van der Waals surface area (Å²) in [5, 5.41) is 17.6. The molecule has 1 aromatic heterocycles. The van der Waals surface area contributed by atoms with Crippen molar-refractivity contribution in [2.24, 2.45) is 5.92 Å². The number of H-pyrrole nitrogens is 1. The summed E-state index contributed by atoms with van der Waals surface area (Å²) in [4.78, 5) is 44.5. The van der Waals surface area contributed by atoms with Gasteiger partial charge in [-0.05, 0) is 41.0 Å². The number of fused-ring (bicyclic) bond motifs is 3. The van der Waals surface area contributed by atoms with Gasteiger partial charge in [0.1, 0.15) is 6.61 Å². The molecule has 174 valence electrons. The van der Waals surface area contributed by atoms with E-state index >= 15 is 0 Å². The Labute approximate surface area is 193 Å². The first kappa shape index (κ1) is 21.6. The van der Waals surface area contributed by atoms with Crippen molar-refractivity contribution in [2.45, 2.75) is 24.9 Å². The lowest BCUT2D eigenvalue weighted by molar-refractivity contribution is -0.155. The van der Waals surface area contributed by atoms with Crippen molar-refractivity contribution in [2.75, 3.05) is 11.9 Å². The summed E-state index contributed by atoms with van der Waals surface area (Å²) in [6.07, 6.45) is -0.443. The van der Waals surface area contributed by atoms with E-state index in [9.17, 15) is 14.4 Å². The predicted molar refractivity (Wildman–Crippen MR) is 118 cm³/mol. The van der Waals surface area contributed by atoms with Gasteiger partial charge in [0.05, 0.1) is 0 Å². The summed E-state index contributed by atoms with van der Waals surface area (Å²) < 4.78 is 5.42. The van der Waals surface area contributed by atoms with E-state index in [2.05, 4.69) is 26.0 Å². The lowest BCUT2D eigenvalue weighted by Gasteiger charge is -2.13. The Bertz CT molecular complexity index is 1210. The summed E-state index contributed by atoms with van der Waals surface area (Å²) in [6, 6.07) is 16.0. The van der Waals surface area contributed by atoms with E-state index in [-0.39, 0.29) is 30.2 Å². The van der Waals surface area contributed by atoms with Gasteiger partial charge in [-0.3, -0.25) is 20.0 Å². The Hall–Kier alpha value is -4.25. The number of anilines is 1. The molecule has 1 fully saturated rings. The molecule has 1 saturated carbocycles. The lowest BCUT2D eigenvalue weighted by Crippen LogP contribution is -2.36. The minimum absolute atomic E-state index is 0.0996. The Balaban J connectivity index is 1.16. The van der Waals surface area contributed by atoms with Crippen LogP contribution in [0.2, 0.25) is 0 Å². The van der Waals surface area contributed by atoms with E-state index in [1.165, 1.54) is 0 Å². The van der Waals surface area contributed by atoms with E-state index in [0.29, 0.717) is 0 Å². The van der Waals surface area contributed by atoms with Crippen LogP contribution in [0.15, 0.2) is 48.5 Å². The maximum absolute atomic E-state index is 12.3. The Morgan fingerprint density at radius 2 is 1.71 bits per heavy atom. The van der Waals surface area contributed by atoms with Crippen LogP contribution in [0.4, 0.5) is 10.7 Å². The molecular formula is C23H21N5O6. The number of aromatic nitrogens is 3. The second-order valence-electron chi connectivity index (χ2n) is 8.10. The molecule has 0 aliphatic heterocycles. The van der Waals surface area contributed by atoms with E-state index in [1.807, 2.05) is 48.5 Å². The molecule has 5 rings (SSSR count). The number of hydrogen-bond acceptors (Lipinski definition) is 7. The van der Waals surface area contributed by atoms with Gasteiger partial charge in [-0.15, -0.1) is 5.10 Å². The number of ether oxygens (including phenoxy) is 1. The molecule has 2 amide bonds. The second-order valence-corrected chi connectivity index (χ2v) is 8.10. The number of carboxylic acid groups (broad SMARTS) is 1. The van der Waals surface area contributed by atoms with Crippen molar-refractivity contribution >= 4 is 23.9 Å². The van der Waals surface area contributed by atoms with Gasteiger partial charge in [0, 0.05) is 5.92 Å². The first-order valence-corrected chi connectivity index (χ1v) is 10.7. The highest BCUT2D eigenvalue weighted by molar-refractivity contribution is 5.91. The minimum atomic E-state index is -1.15. The van der Waals surface area contributed by atoms with E-state index in [4.69, 9.17) is 14.7 Å². The molecule has 0 spiro atoms. The molecule has 4 N–H and O–H groups in total. The van der Waals surface area contributed by atoms with Crippen LogP contribution < -0.4 is 10.8 Å². The molecule has 1 heterocycles. The average molecular weight is 463 g/mol. The Kier molecular flexibility index (Phi) is 5.68. The monoisotopic (exact) mass is 463 g/mol. The zero-order valence-corrected chi connectivity index (χ0v) is 17.9. The van der Waals surface area contributed by atoms with Crippen LogP contribution >= 0.6 is 0 Å². The molecule has 0 bridgehead atoms. The number of aliphatic carboxylic acids is 1. The van der Waals surface area contributed by atoms with Crippen LogP contribution in [0.3, 0.4) is 0 Å². The number of carboxylic acids is 1. The number of nitrogens with one attached hydrogen (secondary N) is 3. The molecule has 34 heavy (non-hydrogen) atoms. The van der Waals surface area contributed by atoms with Crippen LogP contribution in [0.1, 0.15) is 40.5 Å². The maximum Gasteiger partial charge on any atom is 0.414 e. The number of benzene rings is 2. The highest BCUT2D eigenvalue weighted by Gasteiger charge is 2.38. The fourth-order valence-electron chi connectivity index (χ4n) is 4.06. The number of carbonyl (C=O) groups excluding carboxylic acids is 2. The predicted octanol–water partition coefficient (Wildman–Crippen LogP) is 2.69. The zero-order valence-electron chi connectivity index (χ0n) is 17.9. The molecule has 2 aliphatic rings. The number of nitrogens with zero attached hydrogens (tertiary/aromatic N) is 2. The van der Waals surface area contributed by atoms with Gasteiger partial charge in [0.2, 0.25) is 5.82 Å². The maximum atomic E-state index is 12.3. The average Bonchev–Trinajstić information content (AvgIpc) is 3.47. The van der Waals surface area contributed by atoms with Gasteiger partial charge in [0.15, 0.2) is 6.10 Å². The van der Waals surface area contributed by atoms with Crippen LogP contribution in [0, 0.1) is 5.92 Å². The summed E-state index contributed by atoms with van der Waals surface area (Å²) in [5.74, 6) is -2.62. The van der Waals surface area contributed by atoms with Crippen LogP contribution in [-0.2, 0) is 14.4 Å². The van der Waals surface area contributed by atoms with Crippen LogP contribution in [-0.4, -0.2) is 51.0 Å². The van der Waals surface area contributed by atoms with Crippen molar-refractivity contribution in [3.63, 3.8) is 0 Å². The fraction of sp³-hybridized carbons (Fsp3) is 0.261. The number of amides is 2. The summed E-state index contributed by atoms with van der Waals surface area (Å²) in [5.41, 5.74) is 6.45. The molecule has 11 heteroatoms. The summed E-state index contributed by atoms with van der Waals surface area (Å²) >= 11 is 0. The summed E-state index contributed by atoms with van der Waals surface area (Å²) in [6.45, 7) is 0.114. The topological polar surface area (TPSA) is 156 Å². The van der Waals surface area contributed by atoms with Crippen LogP contribution in [0.5, 0.6) is 0 Å². The smallest absolute Gasteiger partial charge is 0.414 e. The van der Waals surface area contributed by atoms with E-state index in [1.54, 1.807) is 0 Å². The molecule has 2 aromatic carbocycles. The van der Waals surface area contributed by atoms with Crippen molar-refractivity contribution < 1.29 is 29.1 Å². The first-order valence-electron chi connectivity index (χ1n) is 10.7. The van der Waals surface area contributed by atoms with Crippen molar-refractivity contribution in [3.8, 4) is 11.1 Å². The number of rotatable bonds is 8. The molecule has 2 aliphatic carbocycles. The minimum Gasteiger partial charge on any atom is -0.479 e. The first-order chi connectivity index (χ1) is 16.5. The van der Waals surface area contributed by atoms with Gasteiger partial charge < -0.3 is 9.84 Å². The molecule has 1 atom stereocenters. The molecular weight excluding hydrogens is 442 g/mol. The SMILES string of the molecule is O=C(Nc1n[nH]c(C(=O)NOC(C(=O)O)C2CC2)n1)OCC1c2ccccc2-c2ccccc21. The van der Waals surface area contributed by atoms with Crippen molar-refractivity contribution in [1.82, 2.24) is 20.7 Å². The number of aromatic amines is 1. The second kappa shape index (κ2) is 8.94. The van der Waals surface area contributed by atoms with Gasteiger partial charge in [-0.1, -0.05) is 48.5 Å². The van der Waals surface area contributed by atoms with E-state index in [0.717, 1.165) is 35.1 Å². The molecule has 0 saturated heterocycles. The highest BCUT2D eigenvalue weighted by atomic mass is 16.7. The summed E-state index contributed by atoms with van der Waals surface area (Å²) in [7, 11) is 0. The van der Waals surface area contributed by atoms with Crippen molar-refractivity contribution in [3.05, 3.63) is 65.5 Å². The third-order valence-corrected chi connectivity index (χ3v) is 5.83. The highest BCUT2D eigenvalue weighted by Crippen LogP contribution is 2.44. The molecule has 3 aromatic rings. The van der Waals surface area contributed by atoms with Crippen molar-refractivity contribution in [1.29, 1.82) is 0 Å². The standard InChI is InChI=1S/C23H21N5O6/c29-20(28-34-18(21(30)31)12-9-10-12)19-24-22(27-26-19)25-23(32)33-11-17-15-7-3-1-5-13(15)14-6-2-4-8-16(14)17/h1-8,12,17-18H,9-11H2,(H,28,29)(H,30,31)(H2,24,25,26,27,32). The largest absolute Gasteiger partial charge is 0.479 e.